The summed E-state index contributed by atoms with van der Waals surface area (Å²) < 4.78 is 10.4. The third-order valence-electron chi connectivity index (χ3n) is 3.36. The fourth-order valence-corrected chi connectivity index (χ4v) is 2.31. The summed E-state index contributed by atoms with van der Waals surface area (Å²) in [6.45, 7) is 13.2. The molecule has 1 saturated carbocycles. The van der Waals surface area contributed by atoms with Crippen molar-refractivity contribution in [2.45, 2.75) is 60.2 Å². The van der Waals surface area contributed by atoms with Crippen LogP contribution in [0.4, 0.5) is 0 Å². The highest BCUT2D eigenvalue weighted by Gasteiger charge is 2.61. The van der Waals surface area contributed by atoms with Crippen molar-refractivity contribution in [1.29, 1.82) is 0 Å². The zero-order chi connectivity index (χ0) is 15.7. The van der Waals surface area contributed by atoms with Crippen LogP contribution in [0.3, 0.4) is 0 Å². The highest BCUT2D eigenvalue weighted by molar-refractivity contribution is 5.83. The Morgan fingerprint density at radius 3 is 2.20 bits per heavy atom. The Labute approximate surface area is 121 Å². The van der Waals surface area contributed by atoms with Gasteiger partial charge in [0.15, 0.2) is 0 Å². The molecule has 2 atom stereocenters. The van der Waals surface area contributed by atoms with Gasteiger partial charge in [0.1, 0.15) is 5.60 Å². The first-order valence-corrected chi connectivity index (χ1v) is 7.07. The van der Waals surface area contributed by atoms with E-state index < -0.39 is 5.60 Å². The summed E-state index contributed by atoms with van der Waals surface area (Å²) in [6.07, 6.45) is 3.04. The van der Waals surface area contributed by atoms with Crippen molar-refractivity contribution in [2.75, 3.05) is 0 Å². The monoisotopic (exact) mass is 282 g/mol. The topological polar surface area (TPSA) is 52.6 Å². The molecule has 0 saturated heterocycles. The lowest BCUT2D eigenvalue weighted by molar-refractivity contribution is -0.157. The number of ether oxygens (including phenoxy) is 2. The second-order valence-electron chi connectivity index (χ2n) is 7.20. The molecule has 0 aliphatic heterocycles. The molecule has 4 nitrogen and oxygen atoms in total. The van der Waals surface area contributed by atoms with E-state index in [9.17, 15) is 9.59 Å². The first-order valence-electron chi connectivity index (χ1n) is 7.07. The number of carbonyl (C=O) groups is 2. The van der Waals surface area contributed by atoms with Gasteiger partial charge < -0.3 is 9.47 Å². The van der Waals surface area contributed by atoms with Gasteiger partial charge in [0, 0.05) is 6.08 Å². The molecule has 0 aromatic rings. The highest BCUT2D eigenvalue weighted by Crippen LogP contribution is 2.59. The van der Waals surface area contributed by atoms with E-state index in [0.29, 0.717) is 0 Å². The number of hydrogen-bond donors (Lipinski definition) is 0. The Morgan fingerprint density at radius 1 is 1.20 bits per heavy atom. The lowest BCUT2D eigenvalue weighted by Gasteiger charge is -2.19. The van der Waals surface area contributed by atoms with Gasteiger partial charge in [-0.25, -0.2) is 4.79 Å². The zero-order valence-electron chi connectivity index (χ0n) is 13.5. The quantitative estimate of drug-likeness (QED) is 0.587. The standard InChI is InChI=1S/C16H26O4/c1-10(2)19-12(17)9-8-11-13(16(11,6)7)14(18)20-15(3,4)5/h8-11,13H,1-7H3. The minimum Gasteiger partial charge on any atom is -0.460 e. The summed E-state index contributed by atoms with van der Waals surface area (Å²) in [7, 11) is 0. The summed E-state index contributed by atoms with van der Waals surface area (Å²) in [5, 5.41) is 0. The second-order valence-corrected chi connectivity index (χ2v) is 7.20. The Morgan fingerprint density at radius 2 is 1.75 bits per heavy atom. The molecular formula is C16H26O4. The van der Waals surface area contributed by atoms with Gasteiger partial charge in [-0.3, -0.25) is 4.79 Å². The van der Waals surface area contributed by atoms with Crippen molar-refractivity contribution >= 4 is 11.9 Å². The lowest BCUT2D eigenvalue weighted by Crippen LogP contribution is -2.26. The average Bonchev–Trinajstić information content (AvgIpc) is 2.73. The Balaban J connectivity index is 2.63. The molecule has 0 radical (unpaired) electrons. The summed E-state index contributed by atoms with van der Waals surface area (Å²) >= 11 is 0. The van der Waals surface area contributed by atoms with Crippen molar-refractivity contribution in [3.63, 3.8) is 0 Å². The van der Waals surface area contributed by atoms with Crippen molar-refractivity contribution in [3.05, 3.63) is 12.2 Å². The maximum atomic E-state index is 12.1. The van der Waals surface area contributed by atoms with E-state index in [4.69, 9.17) is 9.47 Å². The van der Waals surface area contributed by atoms with E-state index in [-0.39, 0.29) is 35.3 Å². The number of carbonyl (C=O) groups excluding carboxylic acids is 2. The van der Waals surface area contributed by atoms with Crippen molar-refractivity contribution < 1.29 is 19.1 Å². The van der Waals surface area contributed by atoms with Gasteiger partial charge in [-0.1, -0.05) is 19.9 Å². The van der Waals surface area contributed by atoms with E-state index in [2.05, 4.69) is 0 Å². The minimum atomic E-state index is -0.486. The SMILES string of the molecule is CC(C)OC(=O)C=CC1C(C(=O)OC(C)(C)C)C1(C)C. The first kappa shape index (κ1) is 16.7. The van der Waals surface area contributed by atoms with Gasteiger partial charge in [0.05, 0.1) is 12.0 Å². The average molecular weight is 282 g/mol. The Bertz CT molecular complexity index is 413. The molecule has 1 fully saturated rings. The van der Waals surface area contributed by atoms with Crippen molar-refractivity contribution in [3.8, 4) is 0 Å². The molecule has 0 aromatic heterocycles. The molecule has 114 valence electrons. The van der Waals surface area contributed by atoms with Gasteiger partial charge in [-0.15, -0.1) is 0 Å². The predicted octanol–water partition coefficient (Wildman–Crippen LogP) is 3.11. The molecule has 0 N–H and O–H groups in total. The number of hydrogen-bond acceptors (Lipinski definition) is 4. The molecule has 1 rings (SSSR count). The molecule has 0 heterocycles. The molecule has 0 amide bonds. The van der Waals surface area contributed by atoms with Crippen LogP contribution in [0.15, 0.2) is 12.2 Å². The van der Waals surface area contributed by atoms with Crippen LogP contribution in [0.5, 0.6) is 0 Å². The van der Waals surface area contributed by atoms with Gasteiger partial charge in [-0.2, -0.15) is 0 Å². The summed E-state index contributed by atoms with van der Waals surface area (Å²) in [4.78, 5) is 23.6. The van der Waals surface area contributed by atoms with E-state index in [1.165, 1.54) is 6.08 Å². The summed E-state index contributed by atoms with van der Waals surface area (Å²) in [5.74, 6) is -0.734. The molecule has 1 aliphatic carbocycles. The maximum Gasteiger partial charge on any atom is 0.330 e. The fourth-order valence-electron chi connectivity index (χ4n) is 2.31. The summed E-state index contributed by atoms with van der Waals surface area (Å²) in [6, 6.07) is 0. The Hall–Kier alpha value is -1.32. The number of allylic oxidation sites excluding steroid dienone is 1. The van der Waals surface area contributed by atoms with E-state index in [1.807, 2.05) is 34.6 Å². The molecule has 0 aromatic carbocycles. The highest BCUT2D eigenvalue weighted by atomic mass is 16.6. The lowest BCUT2D eigenvalue weighted by atomic mass is 10.1. The molecule has 0 spiro atoms. The molecule has 4 heteroatoms. The largest absolute Gasteiger partial charge is 0.460 e. The Kier molecular flexibility index (Phi) is 4.67. The van der Waals surface area contributed by atoms with Crippen LogP contribution in [-0.2, 0) is 19.1 Å². The van der Waals surface area contributed by atoms with Crippen molar-refractivity contribution in [1.82, 2.24) is 0 Å². The predicted molar refractivity (Wildman–Crippen MR) is 77.0 cm³/mol. The molecule has 20 heavy (non-hydrogen) atoms. The number of esters is 2. The van der Waals surface area contributed by atoms with E-state index in [1.54, 1.807) is 19.9 Å². The summed E-state index contributed by atoms with van der Waals surface area (Å²) in [5.41, 5.74) is -0.655. The molecular weight excluding hydrogens is 256 g/mol. The number of rotatable bonds is 4. The minimum absolute atomic E-state index is 0.0251. The van der Waals surface area contributed by atoms with Crippen LogP contribution >= 0.6 is 0 Å². The first-order chi connectivity index (χ1) is 8.95. The van der Waals surface area contributed by atoms with Crippen molar-refractivity contribution in [2.24, 2.45) is 17.3 Å². The fraction of sp³-hybridized carbons (Fsp3) is 0.750. The molecule has 2 unspecified atom stereocenters. The third kappa shape index (κ3) is 4.36. The third-order valence-corrected chi connectivity index (χ3v) is 3.36. The zero-order valence-corrected chi connectivity index (χ0v) is 13.5. The molecule has 0 bridgehead atoms. The van der Waals surface area contributed by atoms with Crippen LogP contribution in [-0.4, -0.2) is 23.6 Å². The molecule has 1 aliphatic rings. The van der Waals surface area contributed by atoms with Crippen LogP contribution < -0.4 is 0 Å². The smallest absolute Gasteiger partial charge is 0.330 e. The van der Waals surface area contributed by atoms with Crippen LogP contribution in [0, 0.1) is 17.3 Å². The van der Waals surface area contributed by atoms with Gasteiger partial charge >= 0.3 is 11.9 Å². The van der Waals surface area contributed by atoms with Crippen LogP contribution in [0.2, 0.25) is 0 Å². The second kappa shape index (κ2) is 5.58. The maximum absolute atomic E-state index is 12.1. The van der Waals surface area contributed by atoms with E-state index in [0.717, 1.165) is 0 Å². The van der Waals surface area contributed by atoms with Gasteiger partial charge in [-0.05, 0) is 46.0 Å². The van der Waals surface area contributed by atoms with E-state index >= 15 is 0 Å². The van der Waals surface area contributed by atoms with Gasteiger partial charge in [0.2, 0.25) is 0 Å². The van der Waals surface area contributed by atoms with Gasteiger partial charge in [0.25, 0.3) is 0 Å². The normalized spacial score (nSPS) is 24.8. The van der Waals surface area contributed by atoms with Crippen LogP contribution in [0.25, 0.3) is 0 Å². The van der Waals surface area contributed by atoms with Crippen LogP contribution in [0.1, 0.15) is 48.5 Å².